The molecule has 0 unspecified atom stereocenters. The van der Waals surface area contributed by atoms with Gasteiger partial charge < -0.3 is 12.4 Å². The van der Waals surface area contributed by atoms with Gasteiger partial charge in [-0.15, -0.1) is 0 Å². The van der Waals surface area contributed by atoms with Gasteiger partial charge in [0.05, 0.1) is 14.1 Å². The second-order valence-corrected chi connectivity index (χ2v) is 10.6. The maximum absolute atomic E-state index is 2.40. The quantitative estimate of drug-likeness (QED) is 0.201. The summed E-state index contributed by atoms with van der Waals surface area (Å²) >= 11 is 0. The fourth-order valence-electron chi connectivity index (χ4n) is 5.86. The van der Waals surface area contributed by atoms with Gasteiger partial charge in [-0.3, -0.25) is 4.48 Å². The van der Waals surface area contributed by atoms with Crippen LogP contribution in [0.15, 0.2) is 121 Å². The fraction of sp³-hybridized carbons (Fsp3) is 0.0857. The smallest absolute Gasteiger partial charge is 0.140 e. The SMILES string of the molecule is C[N+](C)(Cc1ccccc1)c1cccc2cc3cc4cc5cc6ccccc6cc5cc4cc3cc12.[Cl-]. The molecule has 180 valence electrons. The van der Waals surface area contributed by atoms with E-state index in [4.69, 9.17) is 0 Å². The average molecular weight is 498 g/mol. The highest BCUT2D eigenvalue weighted by Crippen LogP contribution is 2.36. The molecule has 0 heterocycles. The van der Waals surface area contributed by atoms with Crippen LogP contribution in [0.2, 0.25) is 0 Å². The Morgan fingerprint density at radius 1 is 0.432 bits per heavy atom. The van der Waals surface area contributed by atoms with Gasteiger partial charge in [-0.05, 0) is 103 Å². The van der Waals surface area contributed by atoms with Gasteiger partial charge in [0.15, 0.2) is 0 Å². The molecule has 0 N–H and O–H groups in total. The molecule has 0 aliphatic rings. The van der Waals surface area contributed by atoms with Gasteiger partial charge in [-0.2, -0.15) is 0 Å². The number of benzene rings is 7. The molecule has 0 amide bonds. The molecule has 0 saturated heterocycles. The molecule has 1 nitrogen and oxygen atoms in total. The number of nitrogens with zero attached hydrogens (tertiary/aromatic N) is 1. The van der Waals surface area contributed by atoms with Gasteiger partial charge in [-0.25, -0.2) is 0 Å². The first-order chi connectivity index (χ1) is 17.5. The Hall–Kier alpha value is -3.91. The van der Waals surface area contributed by atoms with Crippen LogP contribution in [0.5, 0.6) is 0 Å². The van der Waals surface area contributed by atoms with Gasteiger partial charge >= 0.3 is 0 Å². The predicted octanol–water partition coefficient (Wildman–Crippen LogP) is 6.22. The zero-order valence-corrected chi connectivity index (χ0v) is 21.8. The molecule has 7 rings (SSSR count). The maximum atomic E-state index is 2.40. The second kappa shape index (κ2) is 8.88. The van der Waals surface area contributed by atoms with Crippen molar-refractivity contribution in [3.05, 3.63) is 127 Å². The van der Waals surface area contributed by atoms with Crippen LogP contribution in [0.1, 0.15) is 5.56 Å². The molecule has 0 aromatic heterocycles. The molecule has 7 aromatic carbocycles. The van der Waals surface area contributed by atoms with E-state index in [2.05, 4.69) is 135 Å². The fourth-order valence-corrected chi connectivity index (χ4v) is 5.86. The number of quaternary nitrogens is 1. The Kier molecular flexibility index (Phi) is 5.64. The minimum atomic E-state index is 0. The molecule has 37 heavy (non-hydrogen) atoms. The highest BCUT2D eigenvalue weighted by Gasteiger charge is 2.22. The van der Waals surface area contributed by atoms with Gasteiger partial charge in [-0.1, -0.05) is 66.7 Å². The monoisotopic (exact) mass is 497 g/mol. The van der Waals surface area contributed by atoms with Crippen LogP contribution < -0.4 is 16.9 Å². The summed E-state index contributed by atoms with van der Waals surface area (Å²) in [5.74, 6) is 0. The van der Waals surface area contributed by atoms with Crippen molar-refractivity contribution in [2.24, 2.45) is 0 Å². The molecule has 0 radical (unpaired) electrons. The Morgan fingerprint density at radius 2 is 0.865 bits per heavy atom. The van der Waals surface area contributed by atoms with Gasteiger partial charge in [0, 0.05) is 10.9 Å². The van der Waals surface area contributed by atoms with E-state index in [9.17, 15) is 0 Å². The first kappa shape index (κ1) is 23.5. The second-order valence-electron chi connectivity index (χ2n) is 10.6. The number of halogens is 1. The molecule has 7 aromatic rings. The van der Waals surface area contributed by atoms with Crippen LogP contribution in [0, 0.1) is 0 Å². The Balaban J connectivity index is 0.00000252. The third-order valence-electron chi connectivity index (χ3n) is 7.66. The van der Waals surface area contributed by atoms with E-state index in [0.717, 1.165) is 11.0 Å². The van der Waals surface area contributed by atoms with Crippen molar-refractivity contribution in [1.82, 2.24) is 4.48 Å². The molecular formula is C35H28ClN. The third kappa shape index (κ3) is 4.11. The van der Waals surface area contributed by atoms with E-state index in [1.165, 1.54) is 65.1 Å². The van der Waals surface area contributed by atoms with Crippen molar-refractivity contribution in [2.45, 2.75) is 6.54 Å². The zero-order valence-electron chi connectivity index (χ0n) is 21.1. The average Bonchev–Trinajstić information content (AvgIpc) is 2.88. The molecule has 0 atom stereocenters. The minimum Gasteiger partial charge on any atom is -1.00 e. The van der Waals surface area contributed by atoms with Crippen molar-refractivity contribution in [1.29, 1.82) is 0 Å². The molecular weight excluding hydrogens is 470 g/mol. The van der Waals surface area contributed by atoms with E-state index in [1.54, 1.807) is 0 Å². The standard InChI is InChI=1S/C35H28N.ClH/c1-36(2,23-24-9-4-3-5-10-24)35-14-8-13-27-17-30-20-31-18-28-15-25-11-6-7-12-26(25)16-29(28)19-32(31)21-33(30)22-34(27)35;/h3-22H,23H2,1-2H3;1H/q+1;/p-1. The highest BCUT2D eigenvalue weighted by molar-refractivity contribution is 6.11. The van der Waals surface area contributed by atoms with Crippen molar-refractivity contribution < 1.29 is 12.4 Å². The number of fused-ring (bicyclic) bond motifs is 5. The van der Waals surface area contributed by atoms with Crippen LogP contribution in [-0.4, -0.2) is 14.1 Å². The minimum absolute atomic E-state index is 0. The summed E-state index contributed by atoms with van der Waals surface area (Å²) in [6.07, 6.45) is 0. The van der Waals surface area contributed by atoms with Crippen molar-refractivity contribution in [3.8, 4) is 0 Å². The first-order valence-electron chi connectivity index (χ1n) is 12.6. The van der Waals surface area contributed by atoms with E-state index in [0.29, 0.717) is 0 Å². The van der Waals surface area contributed by atoms with E-state index in [1.807, 2.05) is 0 Å². The number of rotatable bonds is 3. The van der Waals surface area contributed by atoms with Crippen LogP contribution >= 0.6 is 0 Å². The lowest BCUT2D eigenvalue weighted by Crippen LogP contribution is -3.00. The first-order valence-corrected chi connectivity index (χ1v) is 12.6. The largest absolute Gasteiger partial charge is 1.00 e. The van der Waals surface area contributed by atoms with Crippen LogP contribution in [0.25, 0.3) is 53.9 Å². The molecule has 0 aliphatic carbocycles. The zero-order chi connectivity index (χ0) is 24.3. The predicted molar refractivity (Wildman–Crippen MR) is 158 cm³/mol. The molecule has 2 heteroatoms. The molecule has 0 saturated carbocycles. The van der Waals surface area contributed by atoms with E-state index >= 15 is 0 Å². The summed E-state index contributed by atoms with van der Waals surface area (Å²) in [6, 6.07) is 45.0. The van der Waals surface area contributed by atoms with Gasteiger partial charge in [0.1, 0.15) is 12.2 Å². The Bertz CT molecular complexity index is 1940. The highest BCUT2D eigenvalue weighted by atomic mass is 35.5. The number of hydrogen-bond acceptors (Lipinski definition) is 0. The van der Waals surface area contributed by atoms with Crippen LogP contribution in [0.3, 0.4) is 0 Å². The van der Waals surface area contributed by atoms with Gasteiger partial charge in [0.2, 0.25) is 0 Å². The summed E-state index contributed by atoms with van der Waals surface area (Å²) in [4.78, 5) is 0. The van der Waals surface area contributed by atoms with Crippen molar-refractivity contribution >= 4 is 59.5 Å². The molecule has 0 bridgehead atoms. The lowest BCUT2D eigenvalue weighted by molar-refractivity contribution is -0.00000705. The van der Waals surface area contributed by atoms with E-state index in [-0.39, 0.29) is 12.4 Å². The number of hydrogen-bond donors (Lipinski definition) is 0. The summed E-state index contributed by atoms with van der Waals surface area (Å²) < 4.78 is 0.804. The molecule has 0 aliphatic heterocycles. The summed E-state index contributed by atoms with van der Waals surface area (Å²) in [6.45, 7) is 0.954. The lowest BCUT2D eigenvalue weighted by atomic mass is 9.95. The maximum Gasteiger partial charge on any atom is 0.140 e. The molecule has 0 spiro atoms. The van der Waals surface area contributed by atoms with Crippen LogP contribution in [0.4, 0.5) is 5.69 Å². The summed E-state index contributed by atoms with van der Waals surface area (Å²) in [5, 5.41) is 13.0. The van der Waals surface area contributed by atoms with Gasteiger partial charge in [0.25, 0.3) is 0 Å². The van der Waals surface area contributed by atoms with E-state index < -0.39 is 0 Å². The normalized spacial score (nSPS) is 11.9. The summed E-state index contributed by atoms with van der Waals surface area (Å²) in [7, 11) is 4.62. The summed E-state index contributed by atoms with van der Waals surface area (Å²) in [5.41, 5.74) is 2.70. The molecule has 0 fully saturated rings. The third-order valence-corrected chi connectivity index (χ3v) is 7.66. The topological polar surface area (TPSA) is 0 Å². The Morgan fingerprint density at radius 3 is 1.43 bits per heavy atom. The van der Waals surface area contributed by atoms with Crippen LogP contribution in [-0.2, 0) is 6.54 Å². The Labute approximate surface area is 223 Å². The lowest BCUT2D eigenvalue weighted by Gasteiger charge is -2.30. The van der Waals surface area contributed by atoms with Crippen molar-refractivity contribution in [2.75, 3.05) is 14.1 Å². The van der Waals surface area contributed by atoms with Crippen molar-refractivity contribution in [3.63, 3.8) is 0 Å².